The molecule has 3 heterocycles. The summed E-state index contributed by atoms with van der Waals surface area (Å²) >= 11 is 3.25. The topological polar surface area (TPSA) is 51.9 Å². The van der Waals surface area contributed by atoms with Gasteiger partial charge in [-0.3, -0.25) is 4.79 Å². The van der Waals surface area contributed by atoms with Crippen LogP contribution in [-0.2, 0) is 9.47 Å². The fraction of sp³-hybridized carbons (Fsp3) is 0.615. The zero-order valence-corrected chi connectivity index (χ0v) is 12.4. The number of halogens is 1. The number of furan rings is 1. The summed E-state index contributed by atoms with van der Waals surface area (Å²) in [5.41, 5.74) is 0.852. The second-order valence-corrected chi connectivity index (χ2v) is 5.74. The Morgan fingerprint density at radius 1 is 1.32 bits per heavy atom. The van der Waals surface area contributed by atoms with Gasteiger partial charge < -0.3 is 18.8 Å². The maximum absolute atomic E-state index is 12.4. The van der Waals surface area contributed by atoms with Crippen molar-refractivity contribution in [1.82, 2.24) is 4.90 Å². The zero-order valence-electron chi connectivity index (χ0n) is 10.8. The van der Waals surface area contributed by atoms with Crippen LogP contribution in [0.15, 0.2) is 15.2 Å². The molecule has 0 aliphatic carbocycles. The molecule has 0 aromatic carbocycles. The molecule has 1 spiro atoms. The minimum Gasteiger partial charge on any atom is -0.444 e. The second-order valence-electron chi connectivity index (χ2n) is 4.96. The largest absolute Gasteiger partial charge is 0.444 e. The zero-order chi connectivity index (χ0) is 13.5. The van der Waals surface area contributed by atoms with E-state index < -0.39 is 5.79 Å². The molecular weight excluding hydrogens is 314 g/mol. The van der Waals surface area contributed by atoms with Crippen LogP contribution in [0.3, 0.4) is 0 Å². The summed E-state index contributed by atoms with van der Waals surface area (Å²) in [4.78, 5) is 14.2. The molecule has 0 radical (unpaired) electrons. The van der Waals surface area contributed by atoms with Crippen molar-refractivity contribution in [2.24, 2.45) is 0 Å². The maximum Gasteiger partial charge on any atom is 0.289 e. The Morgan fingerprint density at radius 2 is 1.95 bits per heavy atom. The van der Waals surface area contributed by atoms with Gasteiger partial charge in [0.15, 0.2) is 16.2 Å². The molecule has 2 saturated heterocycles. The average Bonchev–Trinajstić information content (AvgIpc) is 2.97. The molecule has 0 atom stereocenters. The number of rotatable bonds is 1. The highest BCUT2D eigenvalue weighted by molar-refractivity contribution is 9.10. The van der Waals surface area contributed by atoms with Gasteiger partial charge in [-0.05, 0) is 28.9 Å². The van der Waals surface area contributed by atoms with E-state index >= 15 is 0 Å². The normalized spacial score (nSPS) is 22.1. The van der Waals surface area contributed by atoms with E-state index in [0.717, 1.165) is 18.4 Å². The highest BCUT2D eigenvalue weighted by Crippen LogP contribution is 2.32. The number of ether oxygens (including phenoxy) is 2. The number of likely N-dealkylation sites (tertiary alicyclic amines) is 1. The highest BCUT2D eigenvalue weighted by Gasteiger charge is 2.41. The van der Waals surface area contributed by atoms with Crippen molar-refractivity contribution < 1.29 is 18.7 Å². The Balaban J connectivity index is 1.68. The van der Waals surface area contributed by atoms with Crippen LogP contribution in [0.2, 0.25) is 0 Å². The van der Waals surface area contributed by atoms with Crippen LogP contribution in [0.5, 0.6) is 0 Å². The highest BCUT2D eigenvalue weighted by atomic mass is 79.9. The van der Waals surface area contributed by atoms with Crippen LogP contribution in [0.1, 0.15) is 29.0 Å². The Hall–Kier alpha value is -0.850. The summed E-state index contributed by atoms with van der Waals surface area (Å²) in [7, 11) is 0. The fourth-order valence-electron chi connectivity index (χ4n) is 2.64. The van der Waals surface area contributed by atoms with Crippen molar-refractivity contribution in [3.63, 3.8) is 0 Å². The first-order valence-corrected chi connectivity index (χ1v) is 7.22. The van der Waals surface area contributed by atoms with Gasteiger partial charge in [-0.15, -0.1) is 0 Å². The number of piperidine rings is 1. The van der Waals surface area contributed by atoms with E-state index in [0.29, 0.717) is 36.7 Å². The molecule has 5 nitrogen and oxygen atoms in total. The lowest BCUT2D eigenvalue weighted by Gasteiger charge is -2.37. The van der Waals surface area contributed by atoms with Crippen molar-refractivity contribution >= 4 is 21.8 Å². The maximum atomic E-state index is 12.4. The summed E-state index contributed by atoms with van der Waals surface area (Å²) in [5.74, 6) is -0.0950. The summed E-state index contributed by atoms with van der Waals surface area (Å²) in [5, 5.41) is 0. The second kappa shape index (κ2) is 4.92. The number of carbonyl (C=O) groups is 1. The predicted octanol–water partition coefficient (Wildman–Crippen LogP) is 2.33. The van der Waals surface area contributed by atoms with Gasteiger partial charge in [0, 0.05) is 31.5 Å². The van der Waals surface area contributed by atoms with E-state index in [1.54, 1.807) is 4.90 Å². The molecule has 0 saturated carbocycles. The SMILES string of the molecule is Cc1cc(Br)oc1C(=O)N1CCC2(CC1)OCCO2. The van der Waals surface area contributed by atoms with E-state index in [-0.39, 0.29) is 5.91 Å². The van der Waals surface area contributed by atoms with E-state index in [4.69, 9.17) is 13.9 Å². The standard InChI is InChI=1S/C13H16BrNO4/c1-9-8-10(14)19-11(9)12(16)15-4-2-13(3-5-15)17-6-7-18-13/h8H,2-7H2,1H3. The molecular formula is C13H16BrNO4. The Labute approximate surface area is 120 Å². The summed E-state index contributed by atoms with van der Waals surface area (Å²) < 4.78 is 17.3. The van der Waals surface area contributed by atoms with Gasteiger partial charge in [0.05, 0.1) is 13.2 Å². The van der Waals surface area contributed by atoms with Gasteiger partial charge in [0.2, 0.25) is 0 Å². The van der Waals surface area contributed by atoms with Crippen LogP contribution in [0.4, 0.5) is 0 Å². The van der Waals surface area contributed by atoms with Crippen molar-refractivity contribution in [3.8, 4) is 0 Å². The third kappa shape index (κ3) is 2.44. The summed E-state index contributed by atoms with van der Waals surface area (Å²) in [6.07, 6.45) is 1.44. The molecule has 0 unspecified atom stereocenters. The quantitative estimate of drug-likeness (QED) is 0.793. The minimum atomic E-state index is -0.449. The van der Waals surface area contributed by atoms with Crippen LogP contribution in [0, 0.1) is 6.92 Å². The van der Waals surface area contributed by atoms with E-state index in [1.807, 2.05) is 13.0 Å². The average molecular weight is 330 g/mol. The molecule has 104 valence electrons. The van der Waals surface area contributed by atoms with Crippen molar-refractivity contribution in [2.75, 3.05) is 26.3 Å². The van der Waals surface area contributed by atoms with Gasteiger partial charge in [0.1, 0.15) is 0 Å². The molecule has 0 bridgehead atoms. The minimum absolute atomic E-state index is 0.0592. The Kier molecular flexibility index (Phi) is 3.41. The smallest absolute Gasteiger partial charge is 0.289 e. The summed E-state index contributed by atoms with van der Waals surface area (Å²) in [6, 6.07) is 1.81. The fourth-order valence-corrected chi connectivity index (χ4v) is 3.14. The first-order chi connectivity index (χ1) is 9.10. The molecule has 1 aromatic rings. The predicted molar refractivity (Wildman–Crippen MR) is 70.9 cm³/mol. The lowest BCUT2D eigenvalue weighted by molar-refractivity contribution is -0.181. The van der Waals surface area contributed by atoms with E-state index in [2.05, 4.69) is 15.9 Å². The van der Waals surface area contributed by atoms with Crippen molar-refractivity contribution in [1.29, 1.82) is 0 Å². The number of nitrogens with zero attached hydrogens (tertiary/aromatic N) is 1. The number of aryl methyl sites for hydroxylation is 1. The first kappa shape index (κ1) is 13.1. The molecule has 6 heteroatoms. The van der Waals surface area contributed by atoms with E-state index in [1.165, 1.54) is 0 Å². The summed E-state index contributed by atoms with van der Waals surface area (Å²) in [6.45, 7) is 4.44. The number of hydrogen-bond donors (Lipinski definition) is 0. The third-order valence-electron chi connectivity index (χ3n) is 3.71. The monoisotopic (exact) mass is 329 g/mol. The van der Waals surface area contributed by atoms with Crippen LogP contribution >= 0.6 is 15.9 Å². The number of amides is 1. The van der Waals surface area contributed by atoms with E-state index in [9.17, 15) is 4.79 Å². The molecule has 2 fully saturated rings. The van der Waals surface area contributed by atoms with Crippen molar-refractivity contribution in [2.45, 2.75) is 25.6 Å². The van der Waals surface area contributed by atoms with Gasteiger partial charge >= 0.3 is 0 Å². The number of carbonyl (C=O) groups excluding carboxylic acids is 1. The van der Waals surface area contributed by atoms with Gasteiger partial charge in [-0.25, -0.2) is 0 Å². The lowest BCUT2D eigenvalue weighted by Crippen LogP contribution is -2.47. The van der Waals surface area contributed by atoms with Crippen molar-refractivity contribution in [3.05, 3.63) is 22.1 Å². The lowest BCUT2D eigenvalue weighted by atomic mass is 10.0. The molecule has 1 amide bonds. The Bertz CT molecular complexity index is 483. The number of hydrogen-bond acceptors (Lipinski definition) is 4. The van der Waals surface area contributed by atoms with Gasteiger partial charge in [-0.2, -0.15) is 0 Å². The molecule has 19 heavy (non-hydrogen) atoms. The third-order valence-corrected chi connectivity index (χ3v) is 4.10. The van der Waals surface area contributed by atoms with Gasteiger partial charge in [0.25, 0.3) is 5.91 Å². The van der Waals surface area contributed by atoms with Crippen LogP contribution in [-0.4, -0.2) is 42.9 Å². The first-order valence-electron chi connectivity index (χ1n) is 6.43. The van der Waals surface area contributed by atoms with Crippen LogP contribution < -0.4 is 0 Å². The molecule has 3 rings (SSSR count). The van der Waals surface area contributed by atoms with Crippen LogP contribution in [0.25, 0.3) is 0 Å². The molecule has 2 aliphatic rings. The Morgan fingerprint density at radius 3 is 2.47 bits per heavy atom. The molecule has 2 aliphatic heterocycles. The van der Waals surface area contributed by atoms with Gasteiger partial charge in [-0.1, -0.05) is 0 Å². The molecule has 0 N–H and O–H groups in total. The molecule has 1 aromatic heterocycles.